The molecule has 8 aliphatic rings. The Balaban J connectivity index is 0.777. The minimum absolute atomic E-state index is 0.664. The average Bonchev–Trinajstić information content (AvgIpc) is 3.20. The van der Waals surface area contributed by atoms with Crippen LogP contribution in [0.15, 0.2) is 12.2 Å². The Morgan fingerprint density at radius 2 is 0.685 bits per heavy atom. The molecule has 0 radical (unpaired) electrons. The van der Waals surface area contributed by atoms with Crippen LogP contribution >= 0.6 is 0 Å². The van der Waals surface area contributed by atoms with Gasteiger partial charge in [-0.05, 0) is 239 Å². The number of nitrogens with one attached hydrogen (secondary N) is 1. The number of rotatable bonds is 9. The van der Waals surface area contributed by atoms with Gasteiger partial charge in [-0.3, -0.25) is 15.1 Å². The Labute approximate surface area is 335 Å². The Morgan fingerprint density at radius 3 is 1.13 bits per heavy atom. The zero-order valence-corrected chi connectivity index (χ0v) is 36.3. The third-order valence-corrected chi connectivity index (χ3v) is 18.5. The van der Waals surface area contributed by atoms with E-state index in [-0.39, 0.29) is 0 Å². The minimum Gasteiger partial charge on any atom is -0.299 e. The van der Waals surface area contributed by atoms with Crippen molar-refractivity contribution in [2.75, 3.05) is 0 Å². The van der Waals surface area contributed by atoms with E-state index in [1.807, 2.05) is 0 Å². The van der Waals surface area contributed by atoms with Crippen molar-refractivity contribution in [3.05, 3.63) is 12.2 Å². The topological polar surface area (TPSA) is 18.5 Å². The van der Waals surface area contributed by atoms with Crippen molar-refractivity contribution in [1.29, 1.82) is 0 Å². The summed E-state index contributed by atoms with van der Waals surface area (Å²) in [5.74, 6) is 8.54. The smallest absolute Gasteiger partial charge is 0.0604 e. The molecule has 1 heterocycles. The molecule has 0 amide bonds. The maximum absolute atomic E-state index is 4.41. The number of nitrogens with zero attached hydrogens (tertiary/aromatic N) is 2. The Morgan fingerprint density at radius 1 is 0.333 bits per heavy atom. The summed E-state index contributed by atoms with van der Waals surface area (Å²) in [5, 5.41) is 4.41. The van der Waals surface area contributed by atoms with Gasteiger partial charge < -0.3 is 0 Å². The molecule has 3 heteroatoms. The van der Waals surface area contributed by atoms with Crippen molar-refractivity contribution < 1.29 is 0 Å². The van der Waals surface area contributed by atoms with Crippen LogP contribution in [0, 0.1) is 53.3 Å². The second kappa shape index (κ2) is 19.1. The van der Waals surface area contributed by atoms with Crippen LogP contribution in [-0.4, -0.2) is 52.2 Å². The van der Waals surface area contributed by atoms with E-state index in [2.05, 4.69) is 55.0 Å². The lowest BCUT2D eigenvalue weighted by Gasteiger charge is -2.53. The molecular formula is C51H89N3. The predicted molar refractivity (Wildman–Crippen MR) is 230 cm³/mol. The molecular weight excluding hydrogens is 655 g/mol. The lowest BCUT2D eigenvalue weighted by Crippen LogP contribution is -2.62. The summed E-state index contributed by atoms with van der Waals surface area (Å²) in [6, 6.07) is 5.16. The molecule has 3 nitrogen and oxygen atoms in total. The molecule has 0 aromatic rings. The minimum atomic E-state index is 0.664. The summed E-state index contributed by atoms with van der Waals surface area (Å²) >= 11 is 0. The van der Waals surface area contributed by atoms with Gasteiger partial charge in [-0.1, -0.05) is 39.8 Å². The molecule has 1 aliphatic heterocycles. The highest BCUT2D eigenvalue weighted by Crippen LogP contribution is 2.46. The molecule has 1 N–H and O–H groups in total. The fourth-order valence-corrected chi connectivity index (χ4v) is 14.8. The number of hydrogen-bond acceptors (Lipinski definition) is 3. The molecule has 8 rings (SSSR count). The summed E-state index contributed by atoms with van der Waals surface area (Å²) in [5.41, 5.74) is 0. The Bertz CT molecular complexity index is 1070. The zero-order valence-electron chi connectivity index (χ0n) is 36.3. The van der Waals surface area contributed by atoms with Crippen molar-refractivity contribution in [1.82, 2.24) is 15.1 Å². The molecule has 8 fully saturated rings. The van der Waals surface area contributed by atoms with E-state index in [1.54, 1.807) is 0 Å². The monoisotopic (exact) mass is 744 g/mol. The van der Waals surface area contributed by atoms with Crippen LogP contribution < -0.4 is 5.32 Å². The normalized spacial score (nSPS) is 47.1. The third-order valence-electron chi connectivity index (χ3n) is 18.5. The molecule has 0 aromatic carbocycles. The number of piperidine rings is 1. The maximum Gasteiger partial charge on any atom is 0.0604 e. The standard InChI is InChI=1S/C51H89N3/c1-36-5-23-45(24-6-36)53(46-25-7-37(2)8-26-46)47-31-17-41(18-32-47)14-13-40-15-19-42(20-16-40)43-21-33-50-44(35-43)22-34-51(52-50)54(48-27-9-38(3)10-28-48)49-29-11-39(4)12-30-49/h13-14,36-52H,5-12,15-35H2,1-4H3/b14-13+. The van der Waals surface area contributed by atoms with Gasteiger partial charge in [0.05, 0.1) is 6.17 Å². The largest absolute Gasteiger partial charge is 0.299 e. The maximum atomic E-state index is 4.41. The van der Waals surface area contributed by atoms with Crippen LogP contribution in [0.3, 0.4) is 0 Å². The molecule has 308 valence electrons. The zero-order chi connectivity index (χ0) is 37.0. The van der Waals surface area contributed by atoms with Gasteiger partial charge in [0.1, 0.15) is 0 Å². The number of fused-ring (bicyclic) bond motifs is 1. The Kier molecular flexibility index (Phi) is 14.3. The lowest BCUT2D eigenvalue weighted by atomic mass is 9.65. The summed E-state index contributed by atoms with van der Waals surface area (Å²) in [6.07, 6.45) is 48.9. The molecule has 0 aromatic heterocycles. The summed E-state index contributed by atoms with van der Waals surface area (Å²) in [4.78, 5) is 6.31. The van der Waals surface area contributed by atoms with Gasteiger partial charge in [0.15, 0.2) is 0 Å². The highest BCUT2D eigenvalue weighted by molar-refractivity contribution is 5.01. The van der Waals surface area contributed by atoms with Crippen molar-refractivity contribution >= 4 is 0 Å². The van der Waals surface area contributed by atoms with E-state index >= 15 is 0 Å². The number of allylic oxidation sites excluding steroid dienone is 2. The predicted octanol–water partition coefficient (Wildman–Crippen LogP) is 13.3. The van der Waals surface area contributed by atoms with Gasteiger partial charge in [0.25, 0.3) is 0 Å². The second-order valence-electron chi connectivity index (χ2n) is 22.4. The van der Waals surface area contributed by atoms with Gasteiger partial charge in [0, 0.05) is 36.3 Å². The fourth-order valence-electron chi connectivity index (χ4n) is 14.8. The van der Waals surface area contributed by atoms with Crippen LogP contribution in [0.4, 0.5) is 0 Å². The molecule has 7 aliphatic carbocycles. The van der Waals surface area contributed by atoms with Crippen LogP contribution in [0.1, 0.15) is 214 Å². The van der Waals surface area contributed by atoms with Crippen molar-refractivity contribution in [3.63, 3.8) is 0 Å². The number of hydrogen-bond donors (Lipinski definition) is 1. The first kappa shape index (κ1) is 40.4. The highest BCUT2D eigenvalue weighted by Gasteiger charge is 2.43. The van der Waals surface area contributed by atoms with E-state index in [4.69, 9.17) is 0 Å². The highest BCUT2D eigenvalue weighted by atomic mass is 15.3. The molecule has 0 bridgehead atoms. The quantitative estimate of drug-likeness (QED) is 0.237. The van der Waals surface area contributed by atoms with Crippen molar-refractivity contribution in [2.24, 2.45) is 53.3 Å². The van der Waals surface area contributed by atoms with E-state index < -0.39 is 0 Å². The van der Waals surface area contributed by atoms with Crippen LogP contribution in [-0.2, 0) is 0 Å². The molecule has 0 spiro atoms. The van der Waals surface area contributed by atoms with E-state index in [1.165, 1.54) is 186 Å². The van der Waals surface area contributed by atoms with Crippen LogP contribution in [0.2, 0.25) is 0 Å². The molecule has 1 saturated heterocycles. The van der Waals surface area contributed by atoms with Gasteiger partial charge >= 0.3 is 0 Å². The summed E-state index contributed by atoms with van der Waals surface area (Å²) in [6.45, 7) is 10.0. The first-order valence-corrected chi connectivity index (χ1v) is 25.4. The SMILES string of the molecule is CC1CCC(N(C2CCC(C)CC2)C2CCC(/C=C/C3CCC(C4CCC5NC(N(C6CCC(C)CC6)C6CCC(C)CC6)CCC5C4)CC3)CC2)CC1. The van der Waals surface area contributed by atoms with Gasteiger partial charge in [-0.2, -0.15) is 0 Å². The van der Waals surface area contributed by atoms with Crippen molar-refractivity contribution in [3.8, 4) is 0 Å². The van der Waals surface area contributed by atoms with Gasteiger partial charge in [-0.25, -0.2) is 0 Å². The van der Waals surface area contributed by atoms with E-state index in [9.17, 15) is 0 Å². The second-order valence-corrected chi connectivity index (χ2v) is 22.4. The van der Waals surface area contributed by atoms with Gasteiger partial charge in [0.2, 0.25) is 0 Å². The molecule has 4 atom stereocenters. The molecule has 7 saturated carbocycles. The first-order valence-electron chi connectivity index (χ1n) is 25.4. The van der Waals surface area contributed by atoms with Crippen LogP contribution in [0.5, 0.6) is 0 Å². The summed E-state index contributed by atoms with van der Waals surface area (Å²) in [7, 11) is 0. The first-order chi connectivity index (χ1) is 26.4. The summed E-state index contributed by atoms with van der Waals surface area (Å²) < 4.78 is 0. The van der Waals surface area contributed by atoms with Crippen LogP contribution in [0.25, 0.3) is 0 Å². The average molecular weight is 744 g/mol. The molecule has 54 heavy (non-hydrogen) atoms. The van der Waals surface area contributed by atoms with E-state index in [0.717, 1.165) is 89.5 Å². The van der Waals surface area contributed by atoms with E-state index in [0.29, 0.717) is 6.17 Å². The van der Waals surface area contributed by atoms with Crippen molar-refractivity contribution in [2.45, 2.75) is 256 Å². The Hall–Kier alpha value is -0.380. The van der Waals surface area contributed by atoms with Gasteiger partial charge in [-0.15, -0.1) is 0 Å². The lowest BCUT2D eigenvalue weighted by molar-refractivity contribution is -0.0262. The third kappa shape index (κ3) is 10.1. The fraction of sp³-hybridized carbons (Fsp3) is 0.961. The molecule has 4 unspecified atom stereocenters.